The Morgan fingerprint density at radius 1 is 1.17 bits per heavy atom. The van der Waals surface area contributed by atoms with E-state index in [1.165, 1.54) is 4.90 Å². The molecule has 1 aromatic rings. The van der Waals surface area contributed by atoms with Gasteiger partial charge in [-0.3, -0.25) is 9.59 Å². The average Bonchev–Trinajstić information content (AvgIpc) is 2.83. The lowest BCUT2D eigenvalue weighted by molar-refractivity contribution is -0.142. The van der Waals surface area contributed by atoms with Crippen LogP contribution >= 0.6 is 0 Å². The fourth-order valence-electron chi connectivity index (χ4n) is 3.68. The second kappa shape index (κ2) is 15.0. The van der Waals surface area contributed by atoms with Crippen molar-refractivity contribution in [3.8, 4) is 12.3 Å². The van der Waals surface area contributed by atoms with Gasteiger partial charge in [-0.25, -0.2) is 4.79 Å². The number of unbranched alkanes of at least 4 members (excludes halogenated alkanes) is 2. The highest BCUT2D eigenvalue weighted by molar-refractivity contribution is 5.92. The first-order valence-electron chi connectivity index (χ1n) is 12.7. The highest BCUT2D eigenvalue weighted by Crippen LogP contribution is 2.25. The van der Waals surface area contributed by atoms with Crippen molar-refractivity contribution >= 4 is 17.9 Å². The van der Waals surface area contributed by atoms with Crippen LogP contribution in [0.25, 0.3) is 0 Å². The monoisotopic (exact) mass is 497 g/mol. The molecule has 198 valence electrons. The van der Waals surface area contributed by atoms with Crippen LogP contribution in [0.15, 0.2) is 36.9 Å². The van der Waals surface area contributed by atoms with E-state index in [2.05, 4.69) is 30.1 Å². The predicted molar refractivity (Wildman–Crippen MR) is 144 cm³/mol. The van der Waals surface area contributed by atoms with Crippen LogP contribution in [0.4, 0.5) is 4.79 Å². The fourth-order valence-corrected chi connectivity index (χ4v) is 3.68. The minimum Gasteiger partial charge on any atom is -0.444 e. The number of nitrogens with one attached hydrogen (secondary N) is 2. The molecular formula is C29H43N3O4. The van der Waals surface area contributed by atoms with Gasteiger partial charge in [0.1, 0.15) is 17.7 Å². The largest absolute Gasteiger partial charge is 0.444 e. The number of carbonyl (C=O) groups excluding carboxylic acids is 3. The van der Waals surface area contributed by atoms with Crippen LogP contribution in [0.1, 0.15) is 84.4 Å². The maximum atomic E-state index is 13.9. The number of terminal acetylenes is 1. The zero-order valence-electron chi connectivity index (χ0n) is 22.7. The van der Waals surface area contributed by atoms with Crippen LogP contribution in [0.3, 0.4) is 0 Å². The van der Waals surface area contributed by atoms with Gasteiger partial charge in [0.15, 0.2) is 0 Å². The molecule has 1 rings (SSSR count). The Hall–Kier alpha value is -3.27. The average molecular weight is 498 g/mol. The molecule has 0 heterocycles. The van der Waals surface area contributed by atoms with Gasteiger partial charge in [0.05, 0.1) is 0 Å². The van der Waals surface area contributed by atoms with Gasteiger partial charge < -0.3 is 20.3 Å². The van der Waals surface area contributed by atoms with Crippen LogP contribution in [-0.4, -0.2) is 47.5 Å². The van der Waals surface area contributed by atoms with Crippen LogP contribution in [0, 0.1) is 18.3 Å². The Bertz CT molecular complexity index is 912. The van der Waals surface area contributed by atoms with Crippen molar-refractivity contribution in [1.29, 1.82) is 0 Å². The molecule has 7 heteroatoms. The Labute approximate surface area is 217 Å². The van der Waals surface area contributed by atoms with Gasteiger partial charge in [0, 0.05) is 18.7 Å². The highest BCUT2D eigenvalue weighted by Gasteiger charge is 2.37. The molecule has 3 atom stereocenters. The lowest BCUT2D eigenvalue weighted by Crippen LogP contribution is -2.55. The standard InChI is InChI=1S/C29H43N3O4/c1-9-13-14-19-30-26(33)25(23-17-15-22(12-4)16-18-23)32(20-10-2)27(34)24(21(5)11-3)31-28(35)36-29(6,7)8/h4,10,15-18,21,24-25H,2,9,11,13-14,19-20H2,1,3,5-8H3,(H,30,33)(H,31,35). The van der Waals surface area contributed by atoms with Crippen molar-refractivity contribution in [1.82, 2.24) is 15.5 Å². The molecule has 0 aliphatic carbocycles. The molecule has 0 aromatic heterocycles. The Kier molecular flexibility index (Phi) is 12.8. The van der Waals surface area contributed by atoms with Gasteiger partial charge in [0.25, 0.3) is 0 Å². The molecular weight excluding hydrogens is 454 g/mol. The molecule has 7 nitrogen and oxygen atoms in total. The second-order valence-electron chi connectivity index (χ2n) is 9.96. The molecule has 0 bridgehead atoms. The molecule has 0 aliphatic heterocycles. The summed E-state index contributed by atoms with van der Waals surface area (Å²) in [5, 5.41) is 5.71. The lowest BCUT2D eigenvalue weighted by atomic mass is 9.95. The summed E-state index contributed by atoms with van der Waals surface area (Å²) in [5.41, 5.74) is 0.581. The summed E-state index contributed by atoms with van der Waals surface area (Å²) in [6.07, 6.45) is 9.90. The van der Waals surface area contributed by atoms with Crippen molar-refractivity contribution in [2.45, 2.75) is 84.9 Å². The van der Waals surface area contributed by atoms with Crippen molar-refractivity contribution in [2.75, 3.05) is 13.1 Å². The fraction of sp³-hybridized carbons (Fsp3) is 0.552. The van der Waals surface area contributed by atoms with Crippen molar-refractivity contribution in [3.05, 3.63) is 48.0 Å². The minimum atomic E-state index is -0.920. The summed E-state index contributed by atoms with van der Waals surface area (Å²) in [7, 11) is 0. The van der Waals surface area contributed by atoms with Crippen molar-refractivity contribution in [2.24, 2.45) is 5.92 Å². The third-order valence-electron chi connectivity index (χ3n) is 5.79. The summed E-state index contributed by atoms with van der Waals surface area (Å²) in [5.74, 6) is 1.69. The first-order chi connectivity index (χ1) is 17.0. The number of hydrogen-bond acceptors (Lipinski definition) is 4. The van der Waals surface area contributed by atoms with Gasteiger partial charge in [-0.15, -0.1) is 13.0 Å². The molecule has 0 fully saturated rings. The second-order valence-corrected chi connectivity index (χ2v) is 9.96. The molecule has 36 heavy (non-hydrogen) atoms. The zero-order chi connectivity index (χ0) is 27.3. The minimum absolute atomic E-state index is 0.117. The van der Waals surface area contributed by atoms with E-state index in [0.29, 0.717) is 24.1 Å². The van der Waals surface area contributed by atoms with Crippen LogP contribution < -0.4 is 10.6 Å². The van der Waals surface area contributed by atoms with E-state index in [-0.39, 0.29) is 24.3 Å². The summed E-state index contributed by atoms with van der Waals surface area (Å²) in [6.45, 7) is 15.6. The van der Waals surface area contributed by atoms with Gasteiger partial charge in [-0.05, 0) is 50.8 Å². The van der Waals surface area contributed by atoms with Crippen LogP contribution in [0.5, 0.6) is 0 Å². The number of ether oxygens (including phenoxy) is 1. The molecule has 3 amide bonds. The highest BCUT2D eigenvalue weighted by atomic mass is 16.6. The van der Waals surface area contributed by atoms with E-state index in [0.717, 1.165) is 19.3 Å². The molecule has 0 saturated carbocycles. The van der Waals surface area contributed by atoms with E-state index in [1.54, 1.807) is 51.1 Å². The molecule has 0 saturated heterocycles. The number of hydrogen-bond donors (Lipinski definition) is 2. The van der Waals surface area contributed by atoms with Gasteiger partial charge in [-0.2, -0.15) is 0 Å². The van der Waals surface area contributed by atoms with E-state index >= 15 is 0 Å². The number of alkyl carbamates (subject to hydrolysis) is 1. The molecule has 3 unspecified atom stereocenters. The SMILES string of the molecule is C#Cc1ccc(C(C(=O)NCCCCC)N(CC=C)C(=O)C(NC(=O)OC(C)(C)C)C(C)CC)cc1. The van der Waals surface area contributed by atoms with E-state index in [9.17, 15) is 14.4 Å². The maximum absolute atomic E-state index is 13.9. The molecule has 1 aromatic carbocycles. The summed E-state index contributed by atoms with van der Waals surface area (Å²) < 4.78 is 5.41. The number of nitrogens with zero attached hydrogens (tertiary/aromatic N) is 1. The van der Waals surface area contributed by atoms with Crippen LogP contribution in [0.2, 0.25) is 0 Å². The Balaban J connectivity index is 3.41. The molecule has 0 radical (unpaired) electrons. The summed E-state index contributed by atoms with van der Waals surface area (Å²) in [4.78, 5) is 41.5. The first kappa shape index (κ1) is 30.8. The number of carbonyl (C=O) groups is 3. The quantitative estimate of drug-likeness (QED) is 0.229. The van der Waals surface area contributed by atoms with Gasteiger partial charge in [-0.1, -0.05) is 64.2 Å². The molecule has 2 N–H and O–H groups in total. The van der Waals surface area contributed by atoms with E-state index in [1.807, 2.05) is 13.8 Å². The smallest absolute Gasteiger partial charge is 0.408 e. The van der Waals surface area contributed by atoms with E-state index < -0.39 is 23.8 Å². The van der Waals surface area contributed by atoms with E-state index in [4.69, 9.17) is 11.2 Å². The predicted octanol–water partition coefficient (Wildman–Crippen LogP) is 4.97. The summed E-state index contributed by atoms with van der Waals surface area (Å²) >= 11 is 0. The lowest BCUT2D eigenvalue weighted by Gasteiger charge is -2.35. The topological polar surface area (TPSA) is 87.7 Å². The van der Waals surface area contributed by atoms with Gasteiger partial charge >= 0.3 is 6.09 Å². The first-order valence-corrected chi connectivity index (χ1v) is 12.7. The molecule has 0 aliphatic rings. The third kappa shape index (κ3) is 9.77. The zero-order valence-corrected chi connectivity index (χ0v) is 22.7. The number of rotatable bonds is 13. The molecule has 0 spiro atoms. The number of amides is 3. The number of benzene rings is 1. The third-order valence-corrected chi connectivity index (χ3v) is 5.79. The summed E-state index contributed by atoms with van der Waals surface area (Å²) in [6, 6.07) is 5.20. The maximum Gasteiger partial charge on any atom is 0.408 e. The Morgan fingerprint density at radius 2 is 1.81 bits per heavy atom. The Morgan fingerprint density at radius 3 is 2.31 bits per heavy atom. The van der Waals surface area contributed by atoms with Gasteiger partial charge in [0.2, 0.25) is 11.8 Å². The van der Waals surface area contributed by atoms with Crippen LogP contribution in [-0.2, 0) is 14.3 Å². The van der Waals surface area contributed by atoms with Crippen molar-refractivity contribution in [3.63, 3.8) is 0 Å². The normalized spacial score (nSPS) is 13.5. The van der Waals surface area contributed by atoms with Crippen molar-refractivity contribution < 1.29 is 19.1 Å².